The van der Waals surface area contributed by atoms with Gasteiger partial charge in [-0.15, -0.1) is 0 Å². The lowest BCUT2D eigenvalue weighted by Gasteiger charge is -2.27. The molecule has 0 unspecified atom stereocenters. The Morgan fingerprint density at radius 2 is 0.802 bits per heavy atom. The SMILES string of the molecule is CCCCNc1ccc(-c2cnn(-c3ccc(=O)n(CCC)c3)c2)cn1.CCCn1cc(-n2cc(-c3ccc(CC4CCOCC4)nc3)cn2)ccc1=O.Cc1nc(NC2CCC2)ccc1-c1cnn(-c2ccc(=O)n(CC3CC3)c2)c1.Cc1nc(NC2CCCC2)ccc1-c1cnn(-c2ccc(=O)n(CC3CC3)c2)c1. The molecular weight excluding hydrogens is 1390 g/mol. The molecule has 4 saturated carbocycles. The number of ether oxygens (including phenoxy) is 1. The van der Waals surface area contributed by atoms with E-state index < -0.39 is 0 Å². The summed E-state index contributed by atoms with van der Waals surface area (Å²) in [4.78, 5) is 66.6. The molecule has 24 nitrogen and oxygen atoms in total. The summed E-state index contributed by atoms with van der Waals surface area (Å²) in [6.45, 7) is 16.1. The molecule has 4 aliphatic carbocycles. The minimum atomic E-state index is 0.0124. The van der Waals surface area contributed by atoms with Gasteiger partial charge in [0.2, 0.25) is 0 Å². The van der Waals surface area contributed by atoms with Gasteiger partial charge in [-0.1, -0.05) is 46.1 Å². The lowest BCUT2D eigenvalue weighted by Crippen LogP contribution is -2.27. The molecule has 1 aliphatic heterocycles. The number of nitrogens with one attached hydrogen (secondary N) is 3. The summed E-state index contributed by atoms with van der Waals surface area (Å²) in [5.74, 6) is 4.78. The zero-order chi connectivity index (χ0) is 76.6. The molecule has 0 spiro atoms. The van der Waals surface area contributed by atoms with E-state index in [9.17, 15) is 19.2 Å². The van der Waals surface area contributed by atoms with Gasteiger partial charge in [-0.05, 0) is 195 Å². The fraction of sp³-hybridized carbons (Fsp3) is 0.402. The monoisotopic (exact) mass is 1490 g/mol. The maximum atomic E-state index is 12.1. The fourth-order valence-electron chi connectivity index (χ4n) is 14.3. The molecule has 12 aromatic heterocycles. The molecule has 12 aromatic rings. The van der Waals surface area contributed by atoms with Crippen molar-refractivity contribution in [2.24, 2.45) is 17.8 Å². The van der Waals surface area contributed by atoms with Gasteiger partial charge in [0.05, 0.1) is 47.5 Å². The fourth-order valence-corrected chi connectivity index (χ4v) is 14.3. The second-order valence-electron chi connectivity index (χ2n) is 30.2. The molecule has 111 heavy (non-hydrogen) atoms. The summed E-state index contributed by atoms with van der Waals surface area (Å²) >= 11 is 0. The summed E-state index contributed by atoms with van der Waals surface area (Å²) in [5, 5.41) is 28.3. The minimum absolute atomic E-state index is 0.0124. The van der Waals surface area contributed by atoms with Gasteiger partial charge in [0, 0.05) is 206 Å². The predicted octanol–water partition coefficient (Wildman–Crippen LogP) is 15.1. The standard InChI is InChI=1S/C23H27N5O.C22H25N5O.C22H26N4O2.C20H25N5O/c1-16-21(9-10-22(25-16)26-19-4-2-3-5-19)18-12-24-28(14-18)20-8-11-23(29)27(15-20)13-17-6-7-17;1-15-20(8-9-21(24-15)25-18-3-2-4-18)17-11-23-27(13-17)19-7-10-22(28)26(14-19)12-16-5-6-16;1-2-9-25-16-21(5-6-22(25)27)26-15-19(14-24-26)18-3-4-20(23-13-18)12-17-7-10-28-11-8-17;1-3-5-10-21-19-8-6-16(12-22-19)17-13-23-25(14-17)18-7-9-20(26)24(15-18)11-4-2/h8-12,14-15,17,19H,2-7,13H2,1H3,(H,25,26);7-11,13-14,16,18H,2-6,12H2,1H3,(H,24,25);3-6,13-17H,2,7-12H2,1H3;6-9,12-15H,3-5,10-11H2,1-2H3,(H,21,22). The first-order valence-corrected chi connectivity index (χ1v) is 40.0. The normalized spacial score (nSPS) is 15.0. The zero-order valence-corrected chi connectivity index (χ0v) is 64.6. The van der Waals surface area contributed by atoms with Gasteiger partial charge in [0.1, 0.15) is 17.5 Å². The van der Waals surface area contributed by atoms with Gasteiger partial charge in [0.15, 0.2) is 0 Å². The lowest BCUT2D eigenvalue weighted by molar-refractivity contribution is 0.0663. The number of pyridine rings is 8. The summed E-state index contributed by atoms with van der Waals surface area (Å²) in [7, 11) is 0. The number of hydrogen-bond donors (Lipinski definition) is 3. The first-order chi connectivity index (χ1) is 54.2. The zero-order valence-electron chi connectivity index (χ0n) is 64.6. The van der Waals surface area contributed by atoms with Crippen LogP contribution in [0.5, 0.6) is 0 Å². The van der Waals surface area contributed by atoms with E-state index in [1.807, 2.05) is 149 Å². The summed E-state index contributed by atoms with van der Waals surface area (Å²) in [6, 6.07) is 31.5. The van der Waals surface area contributed by atoms with Crippen molar-refractivity contribution in [2.75, 3.05) is 35.7 Å². The third-order valence-electron chi connectivity index (χ3n) is 21.4. The molecule has 5 aliphatic rings. The lowest BCUT2D eigenvalue weighted by atomic mass is 9.93. The molecule has 0 aromatic carbocycles. The van der Waals surface area contributed by atoms with Crippen LogP contribution in [0.3, 0.4) is 0 Å². The Bertz CT molecular complexity index is 5310. The van der Waals surface area contributed by atoms with Crippen molar-refractivity contribution in [1.29, 1.82) is 0 Å². The van der Waals surface area contributed by atoms with Crippen molar-refractivity contribution in [2.45, 2.75) is 188 Å². The second-order valence-corrected chi connectivity index (χ2v) is 30.2. The van der Waals surface area contributed by atoms with E-state index in [2.05, 4.69) is 97.4 Å². The predicted molar refractivity (Wildman–Crippen MR) is 438 cm³/mol. The van der Waals surface area contributed by atoms with Crippen LogP contribution in [0.4, 0.5) is 17.5 Å². The van der Waals surface area contributed by atoms with Gasteiger partial charge in [-0.2, -0.15) is 20.4 Å². The molecule has 1 saturated heterocycles. The average Bonchev–Trinajstić information content (AvgIpc) is 1.68. The molecule has 17 rings (SSSR count). The molecular formula is C87H103N19O5. The molecule has 576 valence electrons. The van der Waals surface area contributed by atoms with Gasteiger partial charge in [-0.25, -0.2) is 33.7 Å². The van der Waals surface area contributed by atoms with Crippen molar-refractivity contribution >= 4 is 17.5 Å². The summed E-state index contributed by atoms with van der Waals surface area (Å²) in [6.07, 6.45) is 47.8. The number of nitrogens with zero attached hydrogens (tertiary/aromatic N) is 16. The molecule has 5 fully saturated rings. The average molecular weight is 1490 g/mol. The molecule has 24 heteroatoms. The molecule has 0 radical (unpaired) electrons. The minimum Gasteiger partial charge on any atom is -0.381 e. The highest BCUT2D eigenvalue weighted by atomic mass is 16.5. The van der Waals surface area contributed by atoms with Gasteiger partial charge < -0.3 is 39.0 Å². The van der Waals surface area contributed by atoms with Crippen LogP contribution >= 0.6 is 0 Å². The summed E-state index contributed by atoms with van der Waals surface area (Å²) in [5.41, 5.74) is 15.1. The van der Waals surface area contributed by atoms with Crippen LogP contribution in [0.25, 0.3) is 67.3 Å². The summed E-state index contributed by atoms with van der Waals surface area (Å²) < 4.78 is 19.7. The smallest absolute Gasteiger partial charge is 0.250 e. The van der Waals surface area contributed by atoms with Crippen LogP contribution in [0.1, 0.15) is 147 Å². The van der Waals surface area contributed by atoms with E-state index in [1.54, 1.807) is 54.9 Å². The Hall–Kier alpha value is -11.4. The maximum Gasteiger partial charge on any atom is 0.250 e. The van der Waals surface area contributed by atoms with E-state index in [-0.39, 0.29) is 22.2 Å². The van der Waals surface area contributed by atoms with Crippen LogP contribution < -0.4 is 38.2 Å². The Morgan fingerprint density at radius 3 is 1.20 bits per heavy atom. The number of unbranched alkanes of at least 4 members (excludes halogenated alkanes) is 1. The topological polar surface area (TPSA) is 256 Å². The Balaban J connectivity index is 0.000000123. The van der Waals surface area contributed by atoms with Crippen molar-refractivity contribution in [3.8, 4) is 67.3 Å². The van der Waals surface area contributed by atoms with E-state index in [0.717, 1.165) is 180 Å². The molecule has 0 atom stereocenters. The first-order valence-electron chi connectivity index (χ1n) is 40.0. The van der Waals surface area contributed by atoms with Crippen LogP contribution in [-0.4, -0.2) is 109 Å². The number of hydrogen-bond acceptors (Lipinski definition) is 16. The van der Waals surface area contributed by atoms with Crippen molar-refractivity contribution in [3.05, 3.63) is 242 Å². The number of anilines is 3. The first kappa shape index (κ1) is 76.4. The number of rotatable bonds is 26. The van der Waals surface area contributed by atoms with E-state index in [0.29, 0.717) is 42.9 Å². The molecule has 13 heterocycles. The van der Waals surface area contributed by atoms with E-state index in [1.165, 1.54) is 70.6 Å². The largest absolute Gasteiger partial charge is 0.381 e. The molecule has 0 amide bonds. The molecule has 0 bridgehead atoms. The highest BCUT2D eigenvalue weighted by Crippen LogP contribution is 2.33. The Kier molecular flexibility index (Phi) is 25.1. The highest BCUT2D eigenvalue weighted by Gasteiger charge is 2.25. The van der Waals surface area contributed by atoms with Gasteiger partial charge in [-0.3, -0.25) is 24.2 Å². The van der Waals surface area contributed by atoms with Crippen LogP contribution in [-0.2, 0) is 37.3 Å². The van der Waals surface area contributed by atoms with Gasteiger partial charge in [0.25, 0.3) is 22.2 Å². The third-order valence-corrected chi connectivity index (χ3v) is 21.4. The van der Waals surface area contributed by atoms with Gasteiger partial charge >= 0.3 is 0 Å². The third kappa shape index (κ3) is 20.4. The van der Waals surface area contributed by atoms with Crippen molar-refractivity contribution < 1.29 is 4.74 Å². The van der Waals surface area contributed by atoms with Crippen LogP contribution in [0.15, 0.2) is 203 Å². The second kappa shape index (κ2) is 36.4. The van der Waals surface area contributed by atoms with E-state index >= 15 is 0 Å². The Labute approximate surface area is 647 Å². The van der Waals surface area contributed by atoms with Crippen molar-refractivity contribution in [3.63, 3.8) is 0 Å². The molecule has 3 N–H and O–H groups in total. The number of aryl methyl sites for hydroxylation is 4. The van der Waals surface area contributed by atoms with Crippen LogP contribution in [0.2, 0.25) is 0 Å². The van der Waals surface area contributed by atoms with E-state index in [4.69, 9.17) is 14.7 Å². The maximum absolute atomic E-state index is 12.1. The highest BCUT2D eigenvalue weighted by molar-refractivity contribution is 5.68. The Morgan fingerprint density at radius 1 is 0.387 bits per heavy atom. The van der Waals surface area contributed by atoms with Crippen LogP contribution in [0, 0.1) is 31.6 Å². The van der Waals surface area contributed by atoms with Crippen molar-refractivity contribution in [1.82, 2.24) is 77.3 Å². The number of aromatic nitrogens is 16. The quantitative estimate of drug-likeness (QED) is 0.0426.